The number of esters is 2. The van der Waals surface area contributed by atoms with Crippen LogP contribution in [0.15, 0.2) is 188 Å². The molecule has 13 rings (SSSR count). The van der Waals surface area contributed by atoms with Crippen molar-refractivity contribution >= 4 is 48.0 Å². The molecule has 0 saturated carbocycles. The molecule has 5 atom stereocenters. The van der Waals surface area contributed by atoms with E-state index in [1.165, 1.54) is 32.7 Å². The van der Waals surface area contributed by atoms with Gasteiger partial charge in [0.15, 0.2) is 52.6 Å². The predicted molar refractivity (Wildman–Crippen MR) is 408 cm³/mol. The van der Waals surface area contributed by atoms with Gasteiger partial charge in [-0.15, -0.1) is 0 Å². The summed E-state index contributed by atoms with van der Waals surface area (Å²) in [5.41, 5.74) is 3.81. The molecule has 4 aromatic heterocycles. The number of aromatic nitrogens is 3. The normalized spacial score (nSPS) is 15.3. The van der Waals surface area contributed by atoms with Crippen LogP contribution in [-0.2, 0) is 105 Å². The summed E-state index contributed by atoms with van der Waals surface area (Å²) in [7, 11) is 4.07. The highest BCUT2D eigenvalue weighted by molar-refractivity contribution is 6.00. The Morgan fingerprint density at radius 3 is 1.35 bits per heavy atom. The number of hydrogen-bond donors (Lipinski definition) is 0. The smallest absolute Gasteiger partial charge is 0.378 e. The largest absolute Gasteiger partial charge is 0.483 e. The number of halogens is 2. The minimum absolute atomic E-state index is 0.000920. The fraction of sp³-hybridized carbons (Fsp3) is 0.318. The van der Waals surface area contributed by atoms with E-state index in [-0.39, 0.29) is 162 Å². The summed E-state index contributed by atoms with van der Waals surface area (Å²) in [5.74, 6) is -4.35. The fourth-order valence-electron chi connectivity index (χ4n) is 12.5. The van der Waals surface area contributed by atoms with E-state index < -0.39 is 46.9 Å². The third-order valence-corrected chi connectivity index (χ3v) is 18.5. The number of amides is 2. The SMILES string of the molecule is COC(=O)c1c(OCc2ccccc2)c(=O)c(C)cn1CC(C)OC.COC(=O)c1occ(C)c(=O)c1OCc1ccccc1.C[C@@H]1CCO[C@H]2Cn3cc(C(=O)CCc4ccc(F)cc4F)c(=O)c(OCc4ccccc4)c3C(=O)N12.Cc1cn2c(c(OCc3ccccc3)c1=O)C(=O)N1[C@H](C)CCO[C@H]1C2.O=C=O.O=C=O.O=C=O. The number of carbonyl (C=O) groups is 5. The molecule has 614 valence electrons. The molecule has 5 aromatic carbocycles. The van der Waals surface area contributed by atoms with Gasteiger partial charge in [0.25, 0.3) is 17.6 Å². The molecule has 0 radical (unpaired) electrons. The first-order chi connectivity index (χ1) is 56.2. The van der Waals surface area contributed by atoms with Crippen LogP contribution in [0, 0.1) is 32.4 Å². The lowest BCUT2D eigenvalue weighted by atomic mass is 10.0. The van der Waals surface area contributed by atoms with Crippen LogP contribution < -0.4 is 40.7 Å². The molecule has 117 heavy (non-hydrogen) atoms. The number of aryl methyl sites for hydroxylation is 4. The maximum absolute atomic E-state index is 14.1. The van der Waals surface area contributed by atoms with Crippen LogP contribution >= 0.6 is 0 Å². The van der Waals surface area contributed by atoms with Crippen molar-refractivity contribution in [2.45, 2.75) is 144 Å². The van der Waals surface area contributed by atoms with E-state index in [9.17, 15) is 51.9 Å². The minimum Gasteiger partial charge on any atom is -0.483 e. The molecular formula is C85H85F2N5O25. The Morgan fingerprint density at radius 1 is 0.513 bits per heavy atom. The van der Waals surface area contributed by atoms with Gasteiger partial charge in [-0.05, 0) is 94.7 Å². The van der Waals surface area contributed by atoms with Gasteiger partial charge in [0.05, 0.1) is 58.5 Å². The number of methoxy groups -OCH3 is 3. The van der Waals surface area contributed by atoms with Crippen LogP contribution in [0.25, 0.3) is 0 Å². The van der Waals surface area contributed by atoms with Gasteiger partial charge in [0, 0.05) is 73.5 Å². The Hall–Kier alpha value is -13.5. The van der Waals surface area contributed by atoms with Crippen molar-refractivity contribution in [1.82, 2.24) is 23.5 Å². The molecule has 2 saturated heterocycles. The summed E-state index contributed by atoms with van der Waals surface area (Å²) in [5, 5.41) is 0. The zero-order chi connectivity index (χ0) is 85.4. The summed E-state index contributed by atoms with van der Waals surface area (Å²) in [6.07, 6.45) is 7.00. The van der Waals surface area contributed by atoms with E-state index in [1.54, 1.807) is 63.8 Å². The molecule has 0 aliphatic carbocycles. The molecule has 32 heteroatoms. The number of fused-ring (bicyclic) bond motifs is 4. The van der Waals surface area contributed by atoms with Crippen LogP contribution in [0.1, 0.15) is 137 Å². The second-order valence-corrected chi connectivity index (χ2v) is 26.4. The van der Waals surface area contributed by atoms with Gasteiger partial charge < -0.3 is 70.6 Å². The maximum Gasteiger partial charge on any atom is 0.378 e. The van der Waals surface area contributed by atoms with Gasteiger partial charge in [-0.25, -0.2) is 18.4 Å². The molecule has 2 amide bonds. The molecule has 0 spiro atoms. The first kappa shape index (κ1) is 90.7. The van der Waals surface area contributed by atoms with Crippen molar-refractivity contribution in [1.29, 1.82) is 0 Å². The number of rotatable bonds is 21. The molecule has 8 heterocycles. The number of ether oxygens (including phenoxy) is 9. The molecule has 4 aliphatic heterocycles. The first-order valence-electron chi connectivity index (χ1n) is 36.3. The number of benzene rings is 5. The van der Waals surface area contributed by atoms with E-state index >= 15 is 0 Å². The van der Waals surface area contributed by atoms with Crippen LogP contribution in [-0.4, -0.2) is 137 Å². The zero-order valence-corrected chi connectivity index (χ0v) is 65.4. The van der Waals surface area contributed by atoms with Gasteiger partial charge in [-0.3, -0.25) is 33.6 Å². The molecular weight excluding hydrogens is 1530 g/mol. The molecule has 1 unspecified atom stereocenters. The maximum atomic E-state index is 14.1. The quantitative estimate of drug-likeness (QED) is 0.0477. The average Bonchev–Trinajstić information content (AvgIpc) is 0.750. The number of hydrogen-bond acceptors (Lipinski definition) is 25. The van der Waals surface area contributed by atoms with E-state index in [0.29, 0.717) is 55.1 Å². The number of nitrogens with zero attached hydrogens (tertiary/aromatic N) is 5. The van der Waals surface area contributed by atoms with E-state index in [0.717, 1.165) is 40.8 Å². The number of carbonyl (C=O) groups excluding carboxylic acids is 11. The lowest BCUT2D eigenvalue weighted by molar-refractivity contribution is -0.193. The Morgan fingerprint density at radius 2 is 0.915 bits per heavy atom. The van der Waals surface area contributed by atoms with Crippen LogP contribution in [0.4, 0.5) is 8.78 Å². The van der Waals surface area contributed by atoms with Gasteiger partial charge >= 0.3 is 30.4 Å². The molecule has 4 aliphatic rings. The molecule has 9 aromatic rings. The summed E-state index contributed by atoms with van der Waals surface area (Å²) < 4.78 is 86.7. The Bertz CT molecular complexity index is 5260. The highest BCUT2D eigenvalue weighted by Crippen LogP contribution is 2.33. The van der Waals surface area contributed by atoms with Crippen molar-refractivity contribution < 1.29 is 109 Å². The van der Waals surface area contributed by atoms with Crippen molar-refractivity contribution in [2.24, 2.45) is 0 Å². The lowest BCUT2D eigenvalue weighted by Crippen LogP contribution is -2.57. The van der Waals surface area contributed by atoms with Crippen molar-refractivity contribution in [3.63, 3.8) is 0 Å². The summed E-state index contributed by atoms with van der Waals surface area (Å²) >= 11 is 0. The van der Waals surface area contributed by atoms with E-state index in [4.69, 9.17) is 71.1 Å². The van der Waals surface area contributed by atoms with Crippen LogP contribution in [0.5, 0.6) is 23.0 Å². The zero-order valence-electron chi connectivity index (χ0n) is 65.4. The Kier molecular flexibility index (Phi) is 34.8. The topological polar surface area (TPSA) is 374 Å². The second kappa shape index (κ2) is 44.8. The number of ketones is 1. The lowest BCUT2D eigenvalue weighted by Gasteiger charge is -2.44. The van der Waals surface area contributed by atoms with E-state index in [1.807, 2.05) is 142 Å². The monoisotopic (exact) mass is 1610 g/mol. The van der Waals surface area contributed by atoms with E-state index in [2.05, 4.69) is 4.74 Å². The molecule has 0 N–H and O–H groups in total. The number of pyridine rings is 3. The second-order valence-electron chi connectivity index (χ2n) is 26.4. The summed E-state index contributed by atoms with van der Waals surface area (Å²) in [4.78, 5) is 167. The van der Waals surface area contributed by atoms with Gasteiger partial charge in [0.1, 0.15) is 38.1 Å². The predicted octanol–water partition coefficient (Wildman–Crippen LogP) is 9.56. The first-order valence-corrected chi connectivity index (χ1v) is 36.3. The van der Waals surface area contributed by atoms with Crippen LogP contribution in [0.2, 0.25) is 0 Å². The van der Waals surface area contributed by atoms with Crippen LogP contribution in [0.3, 0.4) is 0 Å². The van der Waals surface area contributed by atoms with Gasteiger partial charge in [-0.2, -0.15) is 28.8 Å². The van der Waals surface area contributed by atoms with Gasteiger partial charge in [-0.1, -0.05) is 127 Å². The van der Waals surface area contributed by atoms with Crippen molar-refractivity contribution in [2.75, 3.05) is 34.5 Å². The average molecular weight is 1610 g/mol. The van der Waals surface area contributed by atoms with Crippen molar-refractivity contribution in [3.05, 3.63) is 290 Å². The minimum atomic E-state index is -0.754. The standard InChI is InChI=1S/C28H26F2N2O5.C20H22N2O4.C19H23NO5.C15H14O5.3CO2/c1-17-11-12-36-24-15-31-14-21(23(33)10-8-19-7-9-20(29)13-22(19)30)26(34)27(25(31)28(35)32(17)24)37-16-18-5-3-2-4-6-18;1-13-10-21-11-16-22(14(2)8-9-25-16)20(24)17(21)19(18(13)23)26-12-15-6-4-3-5-7-15;1-13-10-20(11-14(2)23-3)16(19(22)24-4)18(17(13)21)25-12-15-8-6-5-7-9-15;1-10-8-19-14(15(17)18-2)13(12(10)16)20-9-11-6-4-3-5-7-11;3*2-1-3/h2-7,9,13-14,17,24H,8,10-12,15-16H2,1H3;3-7,10,14,16H,8-9,11-12H2,1-2H3;5-10,14H,11-12H2,1-4H3;3-8H,9H2,1-2H3;;;/t17-,24+;14-,16+;;;;;/m11...../s1. The number of Topliss-reactive ketones (excluding diaryl/α,β-unsaturated/α-hetero) is 1. The Balaban J connectivity index is 0.000000213. The molecule has 2 fully saturated rings. The molecule has 30 nitrogen and oxygen atoms in total. The molecule has 0 bridgehead atoms. The highest BCUT2D eigenvalue weighted by atomic mass is 19.1. The summed E-state index contributed by atoms with van der Waals surface area (Å²) in [6.45, 7) is 13.7. The third-order valence-electron chi connectivity index (χ3n) is 18.5. The fourth-order valence-corrected chi connectivity index (χ4v) is 12.5. The third kappa shape index (κ3) is 24.1. The van der Waals surface area contributed by atoms with Crippen molar-refractivity contribution in [3.8, 4) is 23.0 Å². The van der Waals surface area contributed by atoms with Gasteiger partial charge in [0.2, 0.25) is 27.5 Å². The Labute approximate surface area is 668 Å². The summed E-state index contributed by atoms with van der Waals surface area (Å²) in [6, 6.07) is 40.7. The highest BCUT2D eigenvalue weighted by Gasteiger charge is 2.43.